The number of nitrogens with zero attached hydrogens (tertiary/aromatic N) is 1. The first-order valence-electron chi connectivity index (χ1n) is 4.75. The lowest BCUT2D eigenvalue weighted by Gasteiger charge is -2.26. The summed E-state index contributed by atoms with van der Waals surface area (Å²) in [5.74, 6) is 0.233. The van der Waals surface area contributed by atoms with Crippen LogP contribution in [0.25, 0.3) is 0 Å². The number of aldehydes is 1. The molecule has 0 aromatic rings. The predicted molar refractivity (Wildman–Crippen MR) is 52.4 cm³/mol. The van der Waals surface area contributed by atoms with Crippen molar-refractivity contribution in [3.05, 3.63) is 0 Å². The van der Waals surface area contributed by atoms with Crippen molar-refractivity contribution < 1.29 is 9.59 Å². The second-order valence-corrected chi connectivity index (χ2v) is 3.63. The molecule has 0 N–H and O–H groups in total. The van der Waals surface area contributed by atoms with E-state index in [2.05, 4.69) is 0 Å². The topological polar surface area (TPSA) is 37.4 Å². The molecule has 13 heavy (non-hydrogen) atoms. The number of rotatable bonds is 5. The lowest BCUT2D eigenvalue weighted by molar-refractivity contribution is -0.135. The number of carbonyl (C=O) groups excluding carboxylic acids is 2. The van der Waals surface area contributed by atoms with E-state index >= 15 is 0 Å². The first-order valence-corrected chi connectivity index (χ1v) is 4.75. The molecule has 0 aliphatic heterocycles. The summed E-state index contributed by atoms with van der Waals surface area (Å²) in [4.78, 5) is 23.7. The predicted octanol–water partition coefficient (Wildman–Crippen LogP) is 1.47. The Bertz CT molecular complexity index is 178. The van der Waals surface area contributed by atoms with Gasteiger partial charge in [-0.1, -0.05) is 20.8 Å². The van der Waals surface area contributed by atoms with Crippen molar-refractivity contribution in [1.29, 1.82) is 0 Å². The van der Waals surface area contributed by atoms with Gasteiger partial charge in [0.2, 0.25) is 5.91 Å². The molecule has 0 heterocycles. The van der Waals surface area contributed by atoms with Gasteiger partial charge >= 0.3 is 0 Å². The zero-order valence-electron chi connectivity index (χ0n) is 8.91. The first kappa shape index (κ1) is 12.1. The van der Waals surface area contributed by atoms with Gasteiger partial charge in [0.25, 0.3) is 0 Å². The lowest BCUT2D eigenvalue weighted by Crippen LogP contribution is -2.41. The average molecular weight is 185 g/mol. The first-order chi connectivity index (χ1) is 6.04. The monoisotopic (exact) mass is 185 g/mol. The Hall–Kier alpha value is -0.860. The minimum atomic E-state index is -0.279. The van der Waals surface area contributed by atoms with Gasteiger partial charge in [0, 0.05) is 13.5 Å². The van der Waals surface area contributed by atoms with E-state index < -0.39 is 0 Å². The third kappa shape index (κ3) is 3.57. The molecule has 0 aliphatic rings. The van der Waals surface area contributed by atoms with Crippen molar-refractivity contribution in [3.63, 3.8) is 0 Å². The molecule has 0 fully saturated rings. The highest BCUT2D eigenvalue weighted by Gasteiger charge is 2.21. The van der Waals surface area contributed by atoms with Crippen LogP contribution in [0.2, 0.25) is 0 Å². The van der Waals surface area contributed by atoms with Crippen molar-refractivity contribution in [2.45, 2.75) is 39.7 Å². The molecule has 0 unspecified atom stereocenters. The van der Waals surface area contributed by atoms with Crippen LogP contribution in [0.1, 0.15) is 33.6 Å². The molecular formula is C10H19NO2. The average Bonchev–Trinajstić information content (AvgIpc) is 2.05. The SMILES string of the molecule is CCCC(=O)N(C)[C@H](C=O)C(C)C. The smallest absolute Gasteiger partial charge is 0.222 e. The second-order valence-electron chi connectivity index (χ2n) is 3.63. The Balaban J connectivity index is 4.27. The maximum atomic E-state index is 11.4. The summed E-state index contributed by atoms with van der Waals surface area (Å²) >= 11 is 0. The van der Waals surface area contributed by atoms with E-state index in [1.54, 1.807) is 11.9 Å². The fourth-order valence-corrected chi connectivity index (χ4v) is 1.25. The molecule has 0 aromatic heterocycles. The van der Waals surface area contributed by atoms with Gasteiger partial charge in [-0.05, 0) is 12.3 Å². The molecule has 1 amide bonds. The van der Waals surface area contributed by atoms with Gasteiger partial charge < -0.3 is 9.69 Å². The highest BCUT2D eigenvalue weighted by Crippen LogP contribution is 2.08. The fourth-order valence-electron chi connectivity index (χ4n) is 1.25. The Labute approximate surface area is 80.1 Å². The number of hydrogen-bond donors (Lipinski definition) is 0. The Morgan fingerprint density at radius 2 is 2.00 bits per heavy atom. The molecule has 3 nitrogen and oxygen atoms in total. The van der Waals surface area contributed by atoms with Gasteiger partial charge in [-0.15, -0.1) is 0 Å². The van der Waals surface area contributed by atoms with Crippen molar-refractivity contribution >= 4 is 12.2 Å². The van der Waals surface area contributed by atoms with Crippen molar-refractivity contribution in [1.82, 2.24) is 4.90 Å². The molecular weight excluding hydrogens is 166 g/mol. The van der Waals surface area contributed by atoms with E-state index in [0.717, 1.165) is 12.7 Å². The molecule has 0 aromatic carbocycles. The van der Waals surface area contributed by atoms with Crippen LogP contribution in [0, 0.1) is 5.92 Å². The zero-order chi connectivity index (χ0) is 10.4. The summed E-state index contributed by atoms with van der Waals surface area (Å²) < 4.78 is 0. The van der Waals surface area contributed by atoms with E-state index in [9.17, 15) is 9.59 Å². The Morgan fingerprint density at radius 1 is 1.46 bits per heavy atom. The highest BCUT2D eigenvalue weighted by molar-refractivity contribution is 5.79. The molecule has 0 bridgehead atoms. The van der Waals surface area contributed by atoms with Crippen LogP contribution in [0.4, 0.5) is 0 Å². The molecule has 0 saturated carbocycles. The molecule has 0 spiro atoms. The van der Waals surface area contributed by atoms with Crippen LogP contribution in [-0.4, -0.2) is 30.2 Å². The molecule has 0 rings (SSSR count). The standard InChI is InChI=1S/C10H19NO2/c1-5-6-10(13)11(4)9(7-12)8(2)3/h7-9H,5-6H2,1-4H3/t9-/m1/s1. The second kappa shape index (κ2) is 5.73. The fraction of sp³-hybridized carbons (Fsp3) is 0.800. The van der Waals surface area contributed by atoms with Gasteiger partial charge in [-0.2, -0.15) is 0 Å². The lowest BCUT2D eigenvalue weighted by atomic mass is 10.0. The van der Waals surface area contributed by atoms with Crippen molar-refractivity contribution in [2.24, 2.45) is 5.92 Å². The summed E-state index contributed by atoms with van der Waals surface area (Å²) in [6.07, 6.45) is 2.19. The number of hydrogen-bond acceptors (Lipinski definition) is 2. The summed E-state index contributed by atoms with van der Waals surface area (Å²) in [7, 11) is 1.69. The summed E-state index contributed by atoms with van der Waals surface area (Å²) in [6.45, 7) is 5.83. The third-order valence-corrected chi connectivity index (χ3v) is 2.13. The third-order valence-electron chi connectivity index (χ3n) is 2.13. The number of carbonyl (C=O) groups is 2. The molecule has 76 valence electrons. The Kier molecular flexibility index (Phi) is 5.35. The maximum absolute atomic E-state index is 11.4. The zero-order valence-corrected chi connectivity index (χ0v) is 8.91. The number of amides is 1. The minimum Gasteiger partial charge on any atom is -0.336 e. The van der Waals surface area contributed by atoms with Gasteiger partial charge in [0.15, 0.2) is 0 Å². The summed E-state index contributed by atoms with van der Waals surface area (Å²) in [5, 5.41) is 0. The van der Waals surface area contributed by atoms with E-state index in [1.807, 2.05) is 20.8 Å². The van der Waals surface area contributed by atoms with Gasteiger partial charge in [-0.25, -0.2) is 0 Å². The van der Waals surface area contributed by atoms with Gasteiger partial charge in [0.1, 0.15) is 6.29 Å². The molecule has 3 heteroatoms. The normalized spacial score (nSPS) is 12.7. The van der Waals surface area contributed by atoms with E-state index in [-0.39, 0.29) is 17.9 Å². The minimum absolute atomic E-state index is 0.0494. The van der Waals surface area contributed by atoms with E-state index in [4.69, 9.17) is 0 Å². The van der Waals surface area contributed by atoms with Crippen molar-refractivity contribution in [2.75, 3.05) is 7.05 Å². The number of likely N-dealkylation sites (N-methyl/N-ethyl adjacent to an activating group) is 1. The maximum Gasteiger partial charge on any atom is 0.222 e. The van der Waals surface area contributed by atoms with Crippen molar-refractivity contribution in [3.8, 4) is 0 Å². The molecule has 0 saturated heterocycles. The molecule has 1 atom stereocenters. The van der Waals surface area contributed by atoms with Crippen LogP contribution in [0.15, 0.2) is 0 Å². The molecule has 0 aliphatic carbocycles. The quantitative estimate of drug-likeness (QED) is 0.608. The van der Waals surface area contributed by atoms with Crippen LogP contribution >= 0.6 is 0 Å². The largest absolute Gasteiger partial charge is 0.336 e. The molecule has 0 radical (unpaired) electrons. The summed E-state index contributed by atoms with van der Waals surface area (Å²) in [5.41, 5.74) is 0. The van der Waals surface area contributed by atoms with E-state index in [0.29, 0.717) is 6.42 Å². The van der Waals surface area contributed by atoms with Gasteiger partial charge in [0.05, 0.1) is 6.04 Å². The summed E-state index contributed by atoms with van der Waals surface area (Å²) in [6, 6.07) is -0.279. The van der Waals surface area contributed by atoms with E-state index in [1.165, 1.54) is 0 Å². The highest BCUT2D eigenvalue weighted by atomic mass is 16.2. The van der Waals surface area contributed by atoms with Gasteiger partial charge in [-0.3, -0.25) is 4.79 Å². The Morgan fingerprint density at radius 3 is 2.31 bits per heavy atom. The van der Waals surface area contributed by atoms with Crippen LogP contribution in [0.5, 0.6) is 0 Å². The van der Waals surface area contributed by atoms with Crippen LogP contribution in [0.3, 0.4) is 0 Å². The van der Waals surface area contributed by atoms with Crippen LogP contribution < -0.4 is 0 Å². The van der Waals surface area contributed by atoms with Crippen LogP contribution in [-0.2, 0) is 9.59 Å².